The summed E-state index contributed by atoms with van der Waals surface area (Å²) >= 11 is 12.3. The highest BCUT2D eigenvalue weighted by Gasteiger charge is 2.38. The van der Waals surface area contributed by atoms with Crippen molar-refractivity contribution in [3.05, 3.63) is 76.0 Å². The maximum atomic E-state index is 13.7. The molecule has 2 fully saturated rings. The molecule has 3 N–H and O–H groups in total. The minimum Gasteiger partial charge on any atom is -1.00 e. The summed E-state index contributed by atoms with van der Waals surface area (Å²) in [6.45, 7) is 7.16. The van der Waals surface area contributed by atoms with Crippen LogP contribution in [0.15, 0.2) is 49.1 Å². The van der Waals surface area contributed by atoms with Gasteiger partial charge in [0.25, 0.3) is 0 Å². The fraction of sp³-hybridized carbons (Fsp3) is 0.467. The number of nitrogens with one attached hydrogen (secondary N) is 3. The average Bonchev–Trinajstić information content (AvgIpc) is 3.56. The summed E-state index contributed by atoms with van der Waals surface area (Å²) in [7, 11) is 0. The molecular formula is C30H35Cl4F3N8. The van der Waals surface area contributed by atoms with Gasteiger partial charge < -0.3 is 32.9 Å². The number of imidazole rings is 1. The van der Waals surface area contributed by atoms with Gasteiger partial charge >= 0.3 is 6.18 Å². The molecule has 4 aromatic rings. The molecule has 0 amide bonds. The molecule has 244 valence electrons. The van der Waals surface area contributed by atoms with Gasteiger partial charge in [-0.25, -0.2) is 14.1 Å². The fourth-order valence-corrected chi connectivity index (χ4v) is 7.12. The Morgan fingerprint density at radius 2 is 1.84 bits per heavy atom. The molecule has 15 heteroatoms. The maximum absolute atomic E-state index is 13.7. The second-order valence-electron chi connectivity index (χ2n) is 11.8. The van der Waals surface area contributed by atoms with Gasteiger partial charge in [0.05, 0.1) is 23.7 Å². The molecule has 7 rings (SSSR count). The summed E-state index contributed by atoms with van der Waals surface area (Å²) in [4.78, 5) is 12.2. The normalized spacial score (nSPS) is 20.8. The van der Waals surface area contributed by atoms with Crippen LogP contribution in [0.25, 0.3) is 10.9 Å². The Morgan fingerprint density at radius 1 is 1.02 bits per heavy atom. The van der Waals surface area contributed by atoms with E-state index in [4.69, 9.17) is 23.2 Å². The van der Waals surface area contributed by atoms with Gasteiger partial charge in [0.1, 0.15) is 24.8 Å². The number of fused-ring (bicyclic) bond motifs is 3. The summed E-state index contributed by atoms with van der Waals surface area (Å²) < 4.78 is 45.5. The van der Waals surface area contributed by atoms with Crippen molar-refractivity contribution in [2.24, 2.45) is 5.92 Å². The van der Waals surface area contributed by atoms with E-state index in [-0.39, 0.29) is 41.9 Å². The second-order valence-corrected chi connectivity index (χ2v) is 12.7. The molecule has 0 aliphatic carbocycles. The van der Waals surface area contributed by atoms with Crippen LogP contribution in [0.5, 0.6) is 0 Å². The lowest BCUT2D eigenvalue weighted by Crippen LogP contribution is -3.00. The molecule has 0 bridgehead atoms. The Bertz CT molecular complexity index is 1620. The number of H-pyrrole nitrogens is 1. The predicted octanol–water partition coefficient (Wildman–Crippen LogP) is 1.70. The Balaban J connectivity index is 0.00000200. The highest BCUT2D eigenvalue weighted by Crippen LogP contribution is 2.38. The lowest BCUT2D eigenvalue weighted by molar-refractivity contribution is -0.703. The third-order valence-electron chi connectivity index (χ3n) is 8.98. The lowest BCUT2D eigenvalue weighted by atomic mass is 9.96. The van der Waals surface area contributed by atoms with Gasteiger partial charge in [-0.05, 0) is 42.3 Å². The summed E-state index contributed by atoms with van der Waals surface area (Å²) in [5, 5.41) is 8.26. The van der Waals surface area contributed by atoms with E-state index in [2.05, 4.69) is 53.4 Å². The van der Waals surface area contributed by atoms with Crippen molar-refractivity contribution in [2.75, 3.05) is 50.7 Å². The number of rotatable bonds is 7. The maximum Gasteiger partial charge on any atom is 0.434 e. The molecule has 0 saturated carbocycles. The fourth-order valence-electron chi connectivity index (χ4n) is 6.73. The van der Waals surface area contributed by atoms with E-state index in [0.29, 0.717) is 42.9 Å². The van der Waals surface area contributed by atoms with E-state index in [1.807, 2.05) is 23.1 Å². The van der Waals surface area contributed by atoms with Crippen molar-refractivity contribution in [1.82, 2.24) is 30.1 Å². The summed E-state index contributed by atoms with van der Waals surface area (Å²) in [6.07, 6.45) is 2.67. The Morgan fingerprint density at radius 3 is 2.60 bits per heavy atom. The smallest absolute Gasteiger partial charge is 0.434 e. The molecule has 8 nitrogen and oxygen atoms in total. The van der Waals surface area contributed by atoms with Crippen molar-refractivity contribution in [3.63, 3.8) is 0 Å². The summed E-state index contributed by atoms with van der Waals surface area (Å²) in [6, 6.07) is 8.83. The molecule has 1 aromatic carbocycles. The van der Waals surface area contributed by atoms with E-state index < -0.39 is 11.9 Å². The van der Waals surface area contributed by atoms with Crippen molar-refractivity contribution >= 4 is 52.3 Å². The zero-order valence-electron chi connectivity index (χ0n) is 24.3. The highest BCUT2D eigenvalue weighted by atomic mass is 35.5. The molecule has 45 heavy (non-hydrogen) atoms. The Hall–Kier alpha value is -2.25. The van der Waals surface area contributed by atoms with Gasteiger partial charge in [-0.15, -0.1) is 12.4 Å². The molecule has 2 unspecified atom stereocenters. The van der Waals surface area contributed by atoms with Gasteiger partial charge in [-0.3, -0.25) is 4.90 Å². The first kappa shape index (κ1) is 34.1. The number of nitrogens with zero attached hydrogens (tertiary/aromatic N) is 5. The Labute approximate surface area is 282 Å². The van der Waals surface area contributed by atoms with Crippen LogP contribution in [0.1, 0.15) is 23.0 Å². The van der Waals surface area contributed by atoms with Gasteiger partial charge in [-0.1, -0.05) is 23.2 Å². The number of piperazine rings is 1. The number of alkyl halides is 3. The van der Waals surface area contributed by atoms with Crippen molar-refractivity contribution in [1.29, 1.82) is 0 Å². The van der Waals surface area contributed by atoms with E-state index in [9.17, 15) is 13.2 Å². The van der Waals surface area contributed by atoms with Crippen molar-refractivity contribution < 1.29 is 30.1 Å². The van der Waals surface area contributed by atoms with Crippen LogP contribution >= 0.6 is 35.6 Å². The minimum absolute atomic E-state index is 0. The largest absolute Gasteiger partial charge is 1.00 e. The average molecular weight is 706 g/mol. The number of anilines is 1. The predicted molar refractivity (Wildman–Crippen MR) is 168 cm³/mol. The SMILES string of the molecule is Cl.FC(F)(F)c1nc(N2CCNCC2CN2CCc3c([nH]c4ccc(Cl)cc34)C2Cn2cc[n+](CC3CNC3)c2)ccc1Cl.[Cl-]. The first-order valence-corrected chi connectivity index (χ1v) is 15.5. The van der Waals surface area contributed by atoms with E-state index in [1.165, 1.54) is 17.3 Å². The number of benzene rings is 1. The standard InChI is InChI=1S/C30H34Cl2F3N8.2ClH/c31-20-1-3-25-23(11-20)22-5-7-42(26(28(22)38-25)17-41-10-9-40(18-41)15-19-12-37-13-19)16-21-14-36-6-8-43(21)27-4-2-24(32)29(39-27)30(33,34)35;;/h1-4,9-11,18-19,21,26,36-38H,5-8,12-17H2;2*1H/q+1;;/p-1. The molecular weight excluding hydrogens is 671 g/mol. The van der Waals surface area contributed by atoms with Crippen LogP contribution in [0, 0.1) is 5.92 Å². The first-order chi connectivity index (χ1) is 20.7. The topological polar surface area (TPSA) is 68.0 Å². The number of halogens is 7. The number of aromatic amines is 1. The molecule has 2 atom stereocenters. The monoisotopic (exact) mass is 704 g/mol. The van der Waals surface area contributed by atoms with Crippen molar-refractivity contribution in [3.8, 4) is 0 Å². The molecule has 3 aliphatic heterocycles. The van der Waals surface area contributed by atoms with Crippen LogP contribution in [-0.2, 0) is 25.7 Å². The van der Waals surface area contributed by atoms with Gasteiger partial charge in [-0.2, -0.15) is 13.2 Å². The zero-order chi connectivity index (χ0) is 29.7. The van der Waals surface area contributed by atoms with Gasteiger partial charge in [0, 0.05) is 73.4 Å². The van der Waals surface area contributed by atoms with Crippen LogP contribution in [0.4, 0.5) is 19.0 Å². The number of hydrogen-bond acceptors (Lipinski definition) is 5. The van der Waals surface area contributed by atoms with Crippen molar-refractivity contribution in [2.45, 2.75) is 37.8 Å². The third kappa shape index (κ3) is 7.05. The van der Waals surface area contributed by atoms with Gasteiger partial charge in [0.2, 0.25) is 6.33 Å². The molecule has 0 spiro atoms. The van der Waals surface area contributed by atoms with Gasteiger partial charge in [0.15, 0.2) is 5.69 Å². The van der Waals surface area contributed by atoms with Crippen LogP contribution in [0.3, 0.4) is 0 Å². The second kappa shape index (κ2) is 13.9. The van der Waals surface area contributed by atoms with Crippen LogP contribution in [0.2, 0.25) is 10.0 Å². The molecule has 2 saturated heterocycles. The van der Waals surface area contributed by atoms with E-state index >= 15 is 0 Å². The summed E-state index contributed by atoms with van der Waals surface area (Å²) in [5.41, 5.74) is 2.48. The zero-order valence-corrected chi connectivity index (χ0v) is 27.4. The van der Waals surface area contributed by atoms with E-state index in [1.54, 1.807) is 6.07 Å². The number of hydrogen-bond donors (Lipinski definition) is 3. The first-order valence-electron chi connectivity index (χ1n) is 14.7. The Kier molecular flexibility index (Phi) is 10.5. The molecule has 3 aromatic heterocycles. The quantitative estimate of drug-likeness (QED) is 0.256. The van der Waals surface area contributed by atoms with Crippen LogP contribution < -0.4 is 32.5 Å². The van der Waals surface area contributed by atoms with E-state index in [0.717, 1.165) is 50.0 Å². The third-order valence-corrected chi connectivity index (χ3v) is 9.52. The number of aromatic nitrogens is 4. The molecule has 3 aliphatic rings. The minimum atomic E-state index is -4.62. The van der Waals surface area contributed by atoms with Crippen LogP contribution in [-0.4, -0.2) is 71.3 Å². The molecule has 6 heterocycles. The lowest BCUT2D eigenvalue weighted by Gasteiger charge is -2.43. The number of pyridine rings is 1. The summed E-state index contributed by atoms with van der Waals surface area (Å²) in [5.74, 6) is 0.955. The molecule has 0 radical (unpaired) electrons. The highest BCUT2D eigenvalue weighted by molar-refractivity contribution is 6.31.